The van der Waals surface area contributed by atoms with Crippen molar-refractivity contribution in [3.05, 3.63) is 58.9 Å². The third-order valence-corrected chi connectivity index (χ3v) is 7.11. The van der Waals surface area contributed by atoms with E-state index in [1.165, 1.54) is 0 Å². The molecule has 2 aromatic rings. The standard InChI is InChI=1S/C20H22ClF3N4O3S/c21-17-8-3-14(20(22,23)24)10-18(17)32(30,31)28-16-6-4-15(5-7-16)27-19(29)26-12-13-2-1-9-25-11-13/h1-3,8-11,15-16,28H,4-7,12H2,(H2,26,27,29)/t15-,16-. The number of nitrogens with zero attached hydrogens (tertiary/aromatic N) is 1. The summed E-state index contributed by atoms with van der Waals surface area (Å²) in [6.07, 6.45) is 0.474. The number of sulfonamides is 1. The Morgan fingerprint density at radius 1 is 1.12 bits per heavy atom. The van der Waals surface area contributed by atoms with Crippen LogP contribution in [-0.4, -0.2) is 31.5 Å². The molecule has 1 aromatic heterocycles. The SMILES string of the molecule is O=C(NCc1cccnc1)N[C@H]1CC[C@H](NS(=O)(=O)c2cc(C(F)(F)F)ccc2Cl)CC1. The molecular weight excluding hydrogens is 469 g/mol. The van der Waals surface area contributed by atoms with Crippen molar-refractivity contribution in [2.24, 2.45) is 0 Å². The lowest BCUT2D eigenvalue weighted by Crippen LogP contribution is -2.46. The van der Waals surface area contributed by atoms with Crippen molar-refractivity contribution in [1.29, 1.82) is 0 Å². The normalized spacial score (nSPS) is 19.4. The van der Waals surface area contributed by atoms with Gasteiger partial charge in [-0.3, -0.25) is 4.98 Å². The molecule has 1 aromatic carbocycles. The third-order valence-electron chi connectivity index (χ3n) is 5.11. The van der Waals surface area contributed by atoms with Crippen molar-refractivity contribution < 1.29 is 26.4 Å². The number of nitrogens with one attached hydrogen (secondary N) is 3. The van der Waals surface area contributed by atoms with Crippen molar-refractivity contribution in [3.63, 3.8) is 0 Å². The summed E-state index contributed by atoms with van der Waals surface area (Å²) < 4.78 is 66.5. The zero-order valence-electron chi connectivity index (χ0n) is 16.8. The number of carbonyl (C=O) groups excluding carboxylic acids is 1. The van der Waals surface area contributed by atoms with E-state index in [9.17, 15) is 26.4 Å². The number of hydrogen-bond donors (Lipinski definition) is 3. The van der Waals surface area contributed by atoms with Crippen LogP contribution in [0.5, 0.6) is 0 Å². The zero-order valence-corrected chi connectivity index (χ0v) is 18.4. The number of rotatable bonds is 6. The lowest BCUT2D eigenvalue weighted by molar-refractivity contribution is -0.137. The van der Waals surface area contributed by atoms with E-state index in [0.717, 1.165) is 17.7 Å². The number of carbonyl (C=O) groups is 1. The molecule has 0 bridgehead atoms. The van der Waals surface area contributed by atoms with E-state index >= 15 is 0 Å². The van der Waals surface area contributed by atoms with Gasteiger partial charge in [-0.05, 0) is 55.5 Å². The summed E-state index contributed by atoms with van der Waals surface area (Å²) in [6.45, 7) is 0.326. The van der Waals surface area contributed by atoms with Crippen LogP contribution in [0.4, 0.5) is 18.0 Å². The number of halogens is 4. The molecule has 0 saturated heterocycles. The molecule has 1 fully saturated rings. The van der Waals surface area contributed by atoms with Crippen molar-refractivity contribution in [2.75, 3.05) is 0 Å². The molecule has 1 saturated carbocycles. The van der Waals surface area contributed by atoms with Gasteiger partial charge in [0.2, 0.25) is 10.0 Å². The van der Waals surface area contributed by atoms with Gasteiger partial charge in [0.25, 0.3) is 0 Å². The Balaban J connectivity index is 1.51. The van der Waals surface area contributed by atoms with E-state index in [4.69, 9.17) is 11.6 Å². The maximum Gasteiger partial charge on any atom is 0.416 e. The van der Waals surface area contributed by atoms with Gasteiger partial charge in [0.1, 0.15) is 4.90 Å². The summed E-state index contributed by atoms with van der Waals surface area (Å²) in [5.74, 6) is 0. The number of aromatic nitrogens is 1. The minimum atomic E-state index is -4.68. The second-order valence-electron chi connectivity index (χ2n) is 7.50. The van der Waals surface area contributed by atoms with Crippen molar-refractivity contribution in [1.82, 2.24) is 20.3 Å². The van der Waals surface area contributed by atoms with Gasteiger partial charge >= 0.3 is 12.2 Å². The van der Waals surface area contributed by atoms with E-state index in [-0.39, 0.29) is 17.1 Å². The van der Waals surface area contributed by atoms with Gasteiger partial charge < -0.3 is 10.6 Å². The van der Waals surface area contributed by atoms with E-state index in [1.54, 1.807) is 18.5 Å². The van der Waals surface area contributed by atoms with Crippen LogP contribution in [-0.2, 0) is 22.7 Å². The van der Waals surface area contributed by atoms with Crippen molar-refractivity contribution >= 4 is 27.7 Å². The fourth-order valence-corrected chi connectivity index (χ4v) is 5.28. The Hall–Kier alpha value is -2.37. The van der Waals surface area contributed by atoms with Gasteiger partial charge in [-0.1, -0.05) is 17.7 Å². The fourth-order valence-electron chi connectivity index (χ4n) is 3.45. The minimum absolute atomic E-state index is 0.137. The lowest BCUT2D eigenvalue weighted by Gasteiger charge is -2.29. The van der Waals surface area contributed by atoms with E-state index < -0.39 is 32.7 Å². The molecule has 0 unspecified atom stereocenters. The second kappa shape index (κ2) is 10.1. The molecular formula is C20H22ClF3N4O3S. The van der Waals surface area contributed by atoms with Crippen LogP contribution >= 0.6 is 11.6 Å². The van der Waals surface area contributed by atoms with E-state index in [2.05, 4.69) is 20.3 Å². The molecule has 0 atom stereocenters. The Morgan fingerprint density at radius 3 is 2.44 bits per heavy atom. The van der Waals surface area contributed by atoms with Crippen LogP contribution in [0.1, 0.15) is 36.8 Å². The van der Waals surface area contributed by atoms with Gasteiger partial charge in [0, 0.05) is 31.0 Å². The van der Waals surface area contributed by atoms with Crippen molar-refractivity contribution in [3.8, 4) is 0 Å². The minimum Gasteiger partial charge on any atom is -0.335 e. The smallest absolute Gasteiger partial charge is 0.335 e. The summed E-state index contributed by atoms with van der Waals surface area (Å²) in [6, 6.07) is 4.84. The first-order valence-electron chi connectivity index (χ1n) is 9.87. The van der Waals surface area contributed by atoms with Crippen LogP contribution < -0.4 is 15.4 Å². The quantitative estimate of drug-likeness (QED) is 0.572. The summed E-state index contributed by atoms with van der Waals surface area (Å²) >= 11 is 5.86. The predicted molar refractivity (Wildman–Crippen MR) is 112 cm³/mol. The maximum absolute atomic E-state index is 12.9. The predicted octanol–water partition coefficient (Wildman–Crippen LogP) is 3.84. The average Bonchev–Trinajstić information content (AvgIpc) is 2.73. The van der Waals surface area contributed by atoms with E-state index in [0.29, 0.717) is 38.3 Å². The molecule has 0 spiro atoms. The van der Waals surface area contributed by atoms with Gasteiger partial charge in [-0.25, -0.2) is 17.9 Å². The van der Waals surface area contributed by atoms with Crippen LogP contribution in [0, 0.1) is 0 Å². The number of urea groups is 1. The van der Waals surface area contributed by atoms with Crippen LogP contribution in [0.3, 0.4) is 0 Å². The zero-order chi connectivity index (χ0) is 23.4. The monoisotopic (exact) mass is 490 g/mol. The summed E-state index contributed by atoms with van der Waals surface area (Å²) in [5, 5.41) is 5.29. The molecule has 12 heteroatoms. The third kappa shape index (κ3) is 6.57. The Morgan fingerprint density at radius 2 is 1.81 bits per heavy atom. The molecule has 1 heterocycles. The highest BCUT2D eigenvalue weighted by Crippen LogP contribution is 2.33. The summed E-state index contributed by atoms with van der Waals surface area (Å²) in [4.78, 5) is 15.4. The fraction of sp³-hybridized carbons (Fsp3) is 0.400. The Bertz CT molecular complexity index is 1040. The molecule has 2 amide bonds. The molecule has 32 heavy (non-hydrogen) atoms. The number of alkyl halides is 3. The first-order valence-corrected chi connectivity index (χ1v) is 11.7. The molecule has 0 radical (unpaired) electrons. The lowest BCUT2D eigenvalue weighted by atomic mass is 9.92. The number of hydrogen-bond acceptors (Lipinski definition) is 4. The topological polar surface area (TPSA) is 100 Å². The summed E-state index contributed by atoms with van der Waals surface area (Å²) in [7, 11) is -4.24. The molecule has 1 aliphatic rings. The van der Waals surface area contributed by atoms with Gasteiger partial charge in [0.05, 0.1) is 10.6 Å². The first-order chi connectivity index (χ1) is 15.0. The van der Waals surface area contributed by atoms with Crippen LogP contribution in [0.15, 0.2) is 47.6 Å². The Labute approximate surface area is 188 Å². The molecule has 0 aliphatic heterocycles. The molecule has 7 nitrogen and oxygen atoms in total. The van der Waals surface area contributed by atoms with E-state index in [1.807, 2.05) is 6.07 Å². The van der Waals surface area contributed by atoms with Gasteiger partial charge in [0.15, 0.2) is 0 Å². The van der Waals surface area contributed by atoms with Gasteiger partial charge in [-0.2, -0.15) is 13.2 Å². The highest BCUT2D eigenvalue weighted by atomic mass is 35.5. The highest BCUT2D eigenvalue weighted by molar-refractivity contribution is 7.89. The molecule has 1 aliphatic carbocycles. The maximum atomic E-state index is 12.9. The molecule has 3 N–H and O–H groups in total. The molecule has 174 valence electrons. The Kier molecular flexibility index (Phi) is 7.63. The highest BCUT2D eigenvalue weighted by Gasteiger charge is 2.34. The largest absolute Gasteiger partial charge is 0.416 e. The molecule has 3 rings (SSSR count). The first kappa shape index (κ1) is 24.3. The van der Waals surface area contributed by atoms with Gasteiger partial charge in [-0.15, -0.1) is 0 Å². The number of amides is 2. The summed E-state index contributed by atoms with van der Waals surface area (Å²) in [5.41, 5.74) is -0.235. The second-order valence-corrected chi connectivity index (χ2v) is 9.59. The van der Waals surface area contributed by atoms with Crippen molar-refractivity contribution in [2.45, 2.75) is 55.4 Å². The number of benzene rings is 1. The average molecular weight is 491 g/mol. The van der Waals surface area contributed by atoms with Crippen LogP contribution in [0.2, 0.25) is 5.02 Å². The van der Waals surface area contributed by atoms with Crippen LogP contribution in [0.25, 0.3) is 0 Å². The number of pyridine rings is 1.